The van der Waals surface area contributed by atoms with Crippen molar-refractivity contribution < 1.29 is 13.6 Å². The Labute approximate surface area is 112 Å². The lowest BCUT2D eigenvalue weighted by atomic mass is 9.86. The Morgan fingerprint density at radius 2 is 1.94 bits per heavy atom. The first-order valence-corrected chi connectivity index (χ1v) is 6.46. The van der Waals surface area contributed by atoms with Crippen molar-refractivity contribution in [2.24, 2.45) is 5.92 Å². The third-order valence-electron chi connectivity index (χ3n) is 3.77. The molecule has 1 saturated carbocycles. The highest BCUT2D eigenvalue weighted by Crippen LogP contribution is 2.36. The lowest BCUT2D eigenvalue weighted by Crippen LogP contribution is -2.41. The van der Waals surface area contributed by atoms with Crippen LogP contribution in [0.5, 0.6) is 0 Å². The molecule has 0 bridgehead atoms. The second kappa shape index (κ2) is 6.66. The van der Waals surface area contributed by atoms with Gasteiger partial charge >= 0.3 is 0 Å². The van der Waals surface area contributed by atoms with E-state index in [2.05, 4.69) is 10.6 Å². The molecule has 0 unspecified atom stereocenters. The molecule has 1 aliphatic heterocycles. The molecule has 0 radical (unpaired) electrons. The highest BCUT2D eigenvalue weighted by atomic mass is 35.5. The standard InChI is InChI=1S/C12H20F2N2O.ClH/c13-12(14)5-3-9(4-6-12)11(17)16-8-10-2-1-7-15-10;/h9-10,15H,1-8H2,(H,16,17);1H/t10-;/m1./s1. The summed E-state index contributed by atoms with van der Waals surface area (Å²) in [7, 11) is 0. The molecule has 106 valence electrons. The SMILES string of the molecule is Cl.O=C(NC[C@H]1CCCN1)C1CCC(F)(F)CC1. The number of carbonyl (C=O) groups is 1. The number of nitrogens with one attached hydrogen (secondary N) is 2. The third-order valence-corrected chi connectivity index (χ3v) is 3.77. The fourth-order valence-corrected chi connectivity index (χ4v) is 2.60. The lowest BCUT2D eigenvalue weighted by Gasteiger charge is -2.27. The molecule has 6 heteroatoms. The summed E-state index contributed by atoms with van der Waals surface area (Å²) in [5, 5.41) is 6.17. The van der Waals surface area contributed by atoms with Gasteiger partial charge in [0, 0.05) is 31.3 Å². The summed E-state index contributed by atoms with van der Waals surface area (Å²) < 4.78 is 25.9. The normalized spacial score (nSPS) is 27.6. The highest BCUT2D eigenvalue weighted by molar-refractivity contribution is 5.85. The molecule has 1 saturated heterocycles. The van der Waals surface area contributed by atoms with Crippen molar-refractivity contribution in [2.45, 2.75) is 50.5 Å². The predicted octanol–water partition coefficient (Wildman–Crippen LogP) is 2.10. The van der Waals surface area contributed by atoms with Crippen LogP contribution in [0, 0.1) is 5.92 Å². The van der Waals surface area contributed by atoms with Crippen LogP contribution in [-0.4, -0.2) is 31.0 Å². The van der Waals surface area contributed by atoms with Crippen molar-refractivity contribution in [2.75, 3.05) is 13.1 Å². The second-order valence-electron chi connectivity index (χ2n) is 5.17. The summed E-state index contributed by atoms with van der Waals surface area (Å²) in [4.78, 5) is 11.8. The molecule has 2 fully saturated rings. The van der Waals surface area contributed by atoms with E-state index in [0.29, 0.717) is 25.4 Å². The number of rotatable bonds is 3. The van der Waals surface area contributed by atoms with E-state index in [1.807, 2.05) is 0 Å². The first-order chi connectivity index (χ1) is 8.07. The molecule has 0 aromatic heterocycles. The second-order valence-corrected chi connectivity index (χ2v) is 5.17. The highest BCUT2D eigenvalue weighted by Gasteiger charge is 2.37. The molecule has 0 spiro atoms. The first-order valence-electron chi connectivity index (χ1n) is 6.46. The Bertz CT molecular complexity index is 273. The minimum atomic E-state index is -2.55. The Balaban J connectivity index is 0.00000162. The van der Waals surface area contributed by atoms with Gasteiger partial charge in [-0.15, -0.1) is 12.4 Å². The maximum absolute atomic E-state index is 12.9. The smallest absolute Gasteiger partial charge is 0.248 e. The van der Waals surface area contributed by atoms with Crippen LogP contribution in [0.15, 0.2) is 0 Å². The van der Waals surface area contributed by atoms with Crippen molar-refractivity contribution in [3.8, 4) is 0 Å². The van der Waals surface area contributed by atoms with Crippen molar-refractivity contribution in [1.82, 2.24) is 10.6 Å². The average molecular weight is 283 g/mol. The number of halogens is 3. The molecule has 18 heavy (non-hydrogen) atoms. The Hall–Kier alpha value is -0.420. The van der Waals surface area contributed by atoms with Crippen molar-refractivity contribution >= 4 is 18.3 Å². The largest absolute Gasteiger partial charge is 0.354 e. The zero-order valence-electron chi connectivity index (χ0n) is 10.4. The summed E-state index contributed by atoms with van der Waals surface area (Å²) >= 11 is 0. The van der Waals surface area contributed by atoms with Crippen LogP contribution >= 0.6 is 12.4 Å². The van der Waals surface area contributed by atoms with E-state index < -0.39 is 5.92 Å². The van der Waals surface area contributed by atoms with E-state index in [-0.39, 0.29) is 37.1 Å². The van der Waals surface area contributed by atoms with Crippen LogP contribution < -0.4 is 10.6 Å². The predicted molar refractivity (Wildman–Crippen MR) is 68.2 cm³/mol. The Morgan fingerprint density at radius 1 is 1.28 bits per heavy atom. The van der Waals surface area contributed by atoms with Gasteiger partial charge in [0.1, 0.15) is 0 Å². The summed E-state index contributed by atoms with van der Waals surface area (Å²) in [6, 6.07) is 0.365. The molecule has 2 rings (SSSR count). The number of carbonyl (C=O) groups excluding carboxylic acids is 1. The number of hydrogen-bond donors (Lipinski definition) is 2. The molecule has 1 amide bonds. The average Bonchev–Trinajstić information content (AvgIpc) is 2.78. The van der Waals surface area contributed by atoms with Crippen LogP contribution in [0.4, 0.5) is 8.78 Å². The van der Waals surface area contributed by atoms with E-state index >= 15 is 0 Å². The summed E-state index contributed by atoms with van der Waals surface area (Å²) in [6.07, 6.45) is 2.58. The molecule has 3 nitrogen and oxygen atoms in total. The molecular weight excluding hydrogens is 262 g/mol. The zero-order chi connectivity index (χ0) is 12.3. The van der Waals surface area contributed by atoms with Gasteiger partial charge in [-0.3, -0.25) is 4.79 Å². The molecule has 2 N–H and O–H groups in total. The van der Waals surface area contributed by atoms with E-state index in [9.17, 15) is 13.6 Å². The number of hydrogen-bond acceptors (Lipinski definition) is 2. The van der Waals surface area contributed by atoms with E-state index in [1.165, 1.54) is 0 Å². The van der Waals surface area contributed by atoms with Crippen LogP contribution in [-0.2, 0) is 4.79 Å². The quantitative estimate of drug-likeness (QED) is 0.832. The van der Waals surface area contributed by atoms with E-state index in [4.69, 9.17) is 0 Å². The fraction of sp³-hybridized carbons (Fsp3) is 0.917. The molecule has 1 atom stereocenters. The van der Waals surface area contributed by atoms with Gasteiger partial charge in [0.05, 0.1) is 0 Å². The summed E-state index contributed by atoms with van der Waals surface area (Å²) in [5.41, 5.74) is 0. The van der Waals surface area contributed by atoms with Gasteiger partial charge in [-0.2, -0.15) is 0 Å². The van der Waals surface area contributed by atoms with E-state index in [0.717, 1.165) is 19.4 Å². The molecule has 1 aliphatic carbocycles. The number of alkyl halides is 2. The third kappa shape index (κ3) is 4.35. The van der Waals surface area contributed by atoms with Gasteiger partial charge in [0.25, 0.3) is 0 Å². The van der Waals surface area contributed by atoms with Gasteiger partial charge in [0.15, 0.2) is 0 Å². The van der Waals surface area contributed by atoms with Gasteiger partial charge < -0.3 is 10.6 Å². The topological polar surface area (TPSA) is 41.1 Å². The van der Waals surface area contributed by atoms with Crippen LogP contribution in [0.1, 0.15) is 38.5 Å². The van der Waals surface area contributed by atoms with Crippen molar-refractivity contribution in [3.63, 3.8) is 0 Å². The van der Waals surface area contributed by atoms with Crippen molar-refractivity contribution in [1.29, 1.82) is 0 Å². The van der Waals surface area contributed by atoms with Crippen molar-refractivity contribution in [3.05, 3.63) is 0 Å². The zero-order valence-corrected chi connectivity index (χ0v) is 11.2. The molecule has 1 heterocycles. The minimum absolute atomic E-state index is 0. The van der Waals surface area contributed by atoms with Crippen LogP contribution in [0.2, 0.25) is 0 Å². The molecule has 2 aliphatic rings. The van der Waals surface area contributed by atoms with Gasteiger partial charge in [-0.25, -0.2) is 8.78 Å². The fourth-order valence-electron chi connectivity index (χ4n) is 2.60. The summed E-state index contributed by atoms with van der Waals surface area (Å²) in [6.45, 7) is 1.64. The van der Waals surface area contributed by atoms with Crippen LogP contribution in [0.25, 0.3) is 0 Å². The monoisotopic (exact) mass is 282 g/mol. The minimum Gasteiger partial charge on any atom is -0.354 e. The van der Waals surface area contributed by atoms with E-state index in [1.54, 1.807) is 0 Å². The lowest BCUT2D eigenvalue weighted by molar-refractivity contribution is -0.129. The maximum atomic E-state index is 12.9. The maximum Gasteiger partial charge on any atom is 0.248 e. The first kappa shape index (κ1) is 15.6. The summed E-state index contributed by atoms with van der Waals surface area (Å²) in [5.74, 6) is -2.81. The van der Waals surface area contributed by atoms with Gasteiger partial charge in [-0.05, 0) is 32.2 Å². The van der Waals surface area contributed by atoms with Gasteiger partial charge in [-0.1, -0.05) is 0 Å². The van der Waals surface area contributed by atoms with Gasteiger partial charge in [0.2, 0.25) is 11.8 Å². The molecule has 0 aromatic rings. The molecule has 0 aromatic carbocycles. The Morgan fingerprint density at radius 3 is 2.50 bits per heavy atom. The Kier molecular flexibility index (Phi) is 5.79. The van der Waals surface area contributed by atoms with Crippen LogP contribution in [0.3, 0.4) is 0 Å². The number of amides is 1. The molecular formula is C12H21ClF2N2O.